The predicted octanol–water partition coefficient (Wildman–Crippen LogP) is 4.30. The third kappa shape index (κ3) is 5.09. The first-order chi connectivity index (χ1) is 10.0. The minimum absolute atomic E-state index is 0.112. The lowest BCUT2D eigenvalue weighted by molar-refractivity contribution is 0.251. The molecule has 0 aliphatic heterocycles. The first-order valence-electron chi connectivity index (χ1n) is 6.16. The molecular weight excluding hydrogens is 306 g/mol. The fourth-order valence-corrected chi connectivity index (χ4v) is 2.17. The lowest BCUT2D eigenvalue weighted by atomic mass is 10.2. The number of hydrogen-bond donors (Lipinski definition) is 1. The van der Waals surface area contributed by atoms with Gasteiger partial charge in [0.1, 0.15) is 11.5 Å². The van der Waals surface area contributed by atoms with E-state index in [0.29, 0.717) is 41.9 Å². The molecule has 21 heavy (non-hydrogen) atoms. The van der Waals surface area contributed by atoms with Crippen LogP contribution in [0, 0.1) is 11.6 Å². The van der Waals surface area contributed by atoms with Gasteiger partial charge < -0.3 is 9.73 Å². The van der Waals surface area contributed by atoms with Crippen molar-refractivity contribution < 1.29 is 22.0 Å². The van der Waals surface area contributed by atoms with Gasteiger partial charge >= 0.3 is 0 Å². The molecule has 0 fully saturated rings. The summed E-state index contributed by atoms with van der Waals surface area (Å²) in [5.41, 5.74) is 0.605. The summed E-state index contributed by atoms with van der Waals surface area (Å²) in [6.07, 6.45) is 0. The van der Waals surface area contributed by atoms with Crippen molar-refractivity contribution in [1.82, 2.24) is 5.32 Å². The Kier molecular flexibility index (Phi) is 5.69. The molecule has 114 valence electrons. The van der Waals surface area contributed by atoms with E-state index >= 15 is 0 Å². The van der Waals surface area contributed by atoms with E-state index in [1.165, 1.54) is 6.07 Å². The standard InChI is InChI=1S/C14H13F4NOS/c15-12-4-1-9(5-13(12)16)6-19-7-10-2-3-11(20-10)8-21-14(17)18/h1-5,14,19H,6-8H2. The van der Waals surface area contributed by atoms with Crippen LogP contribution in [-0.2, 0) is 18.8 Å². The van der Waals surface area contributed by atoms with Gasteiger partial charge in [-0.3, -0.25) is 0 Å². The van der Waals surface area contributed by atoms with E-state index in [2.05, 4.69) is 5.32 Å². The fourth-order valence-electron chi connectivity index (χ4n) is 1.72. The lowest BCUT2D eigenvalue weighted by Gasteiger charge is -2.04. The van der Waals surface area contributed by atoms with Crippen molar-refractivity contribution in [3.05, 3.63) is 59.1 Å². The molecule has 0 saturated carbocycles. The highest BCUT2D eigenvalue weighted by Gasteiger charge is 2.07. The third-order valence-corrected chi connectivity index (χ3v) is 3.38. The molecule has 0 unspecified atom stereocenters. The zero-order valence-corrected chi connectivity index (χ0v) is 11.7. The zero-order chi connectivity index (χ0) is 15.2. The predicted molar refractivity (Wildman–Crippen MR) is 72.9 cm³/mol. The lowest BCUT2D eigenvalue weighted by Crippen LogP contribution is -2.12. The van der Waals surface area contributed by atoms with Crippen LogP contribution in [0.3, 0.4) is 0 Å². The largest absolute Gasteiger partial charge is 0.464 e. The average molecular weight is 319 g/mol. The van der Waals surface area contributed by atoms with Crippen LogP contribution in [0.25, 0.3) is 0 Å². The molecule has 2 aromatic rings. The minimum atomic E-state index is -2.43. The Morgan fingerprint density at radius 2 is 1.76 bits per heavy atom. The molecule has 0 aliphatic carbocycles. The summed E-state index contributed by atoms with van der Waals surface area (Å²) in [4.78, 5) is 0. The van der Waals surface area contributed by atoms with Crippen LogP contribution in [0.2, 0.25) is 0 Å². The summed E-state index contributed by atoms with van der Waals surface area (Å²) in [5, 5.41) is 3.01. The molecule has 1 N–H and O–H groups in total. The van der Waals surface area contributed by atoms with Crippen molar-refractivity contribution in [2.45, 2.75) is 24.6 Å². The van der Waals surface area contributed by atoms with Gasteiger partial charge in [0, 0.05) is 6.54 Å². The molecule has 7 heteroatoms. The van der Waals surface area contributed by atoms with Crippen LogP contribution in [0.4, 0.5) is 17.6 Å². The van der Waals surface area contributed by atoms with Crippen molar-refractivity contribution in [2.75, 3.05) is 0 Å². The number of benzene rings is 1. The number of nitrogens with one attached hydrogen (secondary N) is 1. The van der Waals surface area contributed by atoms with Gasteiger partial charge in [-0.2, -0.15) is 8.78 Å². The molecule has 1 aromatic heterocycles. The second-order valence-corrected chi connectivity index (χ2v) is 5.27. The number of thioether (sulfide) groups is 1. The Morgan fingerprint density at radius 3 is 2.48 bits per heavy atom. The van der Waals surface area contributed by atoms with Crippen molar-refractivity contribution in [3.8, 4) is 0 Å². The first kappa shape index (κ1) is 15.9. The molecule has 0 radical (unpaired) electrons. The molecule has 0 saturated heterocycles. The van der Waals surface area contributed by atoms with Gasteiger partial charge in [-0.05, 0) is 29.8 Å². The van der Waals surface area contributed by atoms with Crippen molar-refractivity contribution in [1.29, 1.82) is 0 Å². The van der Waals surface area contributed by atoms with E-state index in [-0.39, 0.29) is 5.75 Å². The number of rotatable bonds is 7. The molecule has 2 rings (SSSR count). The maximum Gasteiger partial charge on any atom is 0.284 e. The Balaban J connectivity index is 1.79. The molecular formula is C14H13F4NOS. The van der Waals surface area contributed by atoms with Crippen molar-refractivity contribution >= 4 is 11.8 Å². The molecule has 2 nitrogen and oxygen atoms in total. The maximum atomic E-state index is 13.0. The van der Waals surface area contributed by atoms with E-state index in [9.17, 15) is 17.6 Å². The topological polar surface area (TPSA) is 25.2 Å². The molecule has 0 atom stereocenters. The number of halogens is 4. The second kappa shape index (κ2) is 7.51. The second-order valence-electron chi connectivity index (χ2n) is 4.29. The quantitative estimate of drug-likeness (QED) is 0.770. The molecule has 0 spiro atoms. The van der Waals surface area contributed by atoms with Gasteiger partial charge in [-0.1, -0.05) is 17.8 Å². The Labute approximate surface area is 123 Å². The van der Waals surface area contributed by atoms with Crippen LogP contribution in [0.15, 0.2) is 34.7 Å². The Bertz CT molecular complexity index is 588. The summed E-state index contributed by atoms with van der Waals surface area (Å²) in [6.45, 7) is 0.720. The normalized spacial score (nSPS) is 11.3. The fraction of sp³-hybridized carbons (Fsp3) is 0.286. The third-order valence-electron chi connectivity index (χ3n) is 2.68. The molecule has 0 aliphatic rings. The zero-order valence-electron chi connectivity index (χ0n) is 10.9. The van der Waals surface area contributed by atoms with Gasteiger partial charge in [0.2, 0.25) is 0 Å². The summed E-state index contributed by atoms with van der Waals surface area (Å²) in [6, 6.07) is 7.01. The van der Waals surface area contributed by atoms with Crippen LogP contribution >= 0.6 is 11.8 Å². The number of alkyl halides is 2. The van der Waals surface area contributed by atoms with E-state index < -0.39 is 17.4 Å². The summed E-state index contributed by atoms with van der Waals surface area (Å²) >= 11 is 0.497. The smallest absolute Gasteiger partial charge is 0.284 e. The minimum Gasteiger partial charge on any atom is -0.464 e. The van der Waals surface area contributed by atoms with Crippen molar-refractivity contribution in [2.24, 2.45) is 0 Å². The summed E-state index contributed by atoms with van der Waals surface area (Å²) in [5.74, 6) is -3.01. The summed E-state index contributed by atoms with van der Waals surface area (Å²) in [7, 11) is 0. The Hall–Kier alpha value is -1.47. The Morgan fingerprint density at radius 1 is 1.00 bits per heavy atom. The number of hydrogen-bond acceptors (Lipinski definition) is 3. The van der Waals surface area contributed by atoms with E-state index in [4.69, 9.17) is 4.42 Å². The summed E-state index contributed by atoms with van der Waals surface area (Å²) < 4.78 is 55.2. The van der Waals surface area contributed by atoms with Crippen LogP contribution in [0.1, 0.15) is 17.1 Å². The van der Waals surface area contributed by atoms with Crippen LogP contribution in [-0.4, -0.2) is 5.76 Å². The molecule has 1 heterocycles. The van der Waals surface area contributed by atoms with E-state index in [1.807, 2.05) is 0 Å². The van der Waals surface area contributed by atoms with Gasteiger partial charge in [0.05, 0.1) is 12.3 Å². The van der Waals surface area contributed by atoms with Gasteiger partial charge in [-0.25, -0.2) is 8.78 Å². The SMILES string of the molecule is Fc1ccc(CNCc2ccc(CSC(F)F)o2)cc1F. The number of furan rings is 1. The van der Waals surface area contributed by atoms with E-state index in [0.717, 1.165) is 12.1 Å². The highest BCUT2D eigenvalue weighted by Crippen LogP contribution is 2.21. The first-order valence-corrected chi connectivity index (χ1v) is 7.21. The van der Waals surface area contributed by atoms with Gasteiger partial charge in [0.15, 0.2) is 11.6 Å². The monoisotopic (exact) mass is 319 g/mol. The van der Waals surface area contributed by atoms with Crippen molar-refractivity contribution in [3.63, 3.8) is 0 Å². The average Bonchev–Trinajstić information content (AvgIpc) is 2.88. The molecule has 1 aromatic carbocycles. The van der Waals surface area contributed by atoms with Gasteiger partial charge in [-0.15, -0.1) is 0 Å². The van der Waals surface area contributed by atoms with Crippen LogP contribution < -0.4 is 5.32 Å². The van der Waals surface area contributed by atoms with Gasteiger partial charge in [0.25, 0.3) is 5.76 Å². The van der Waals surface area contributed by atoms with Crippen LogP contribution in [0.5, 0.6) is 0 Å². The highest BCUT2D eigenvalue weighted by molar-refractivity contribution is 7.98. The van der Waals surface area contributed by atoms with E-state index in [1.54, 1.807) is 12.1 Å². The molecule has 0 bridgehead atoms. The molecule has 0 amide bonds. The highest BCUT2D eigenvalue weighted by atomic mass is 32.2. The maximum absolute atomic E-state index is 13.0.